The molecule has 0 radical (unpaired) electrons. The van der Waals surface area contributed by atoms with Gasteiger partial charge in [-0.05, 0) is 90.6 Å². The predicted molar refractivity (Wildman–Crippen MR) is 144 cm³/mol. The second-order valence-electron chi connectivity index (χ2n) is 12.3. The van der Waals surface area contributed by atoms with E-state index in [9.17, 15) is 22.8 Å². The van der Waals surface area contributed by atoms with Crippen molar-refractivity contribution < 1.29 is 37.0 Å². The predicted octanol–water partition coefficient (Wildman–Crippen LogP) is 5.23. The Labute approximate surface area is 234 Å². The number of carbonyl (C=O) groups is 2. The van der Waals surface area contributed by atoms with Crippen molar-refractivity contribution in [3.05, 3.63) is 29.3 Å². The average molecular weight is 570 g/mol. The maximum Gasteiger partial charge on any atom is 0.416 e. The van der Waals surface area contributed by atoms with Crippen LogP contribution in [-0.4, -0.2) is 84.5 Å². The normalized spacial score (nSPS) is 23.9. The van der Waals surface area contributed by atoms with Gasteiger partial charge in [0.25, 0.3) is 0 Å². The molecule has 3 heterocycles. The summed E-state index contributed by atoms with van der Waals surface area (Å²) in [6.45, 7) is 12.0. The van der Waals surface area contributed by atoms with Crippen molar-refractivity contribution in [3.8, 4) is 0 Å². The van der Waals surface area contributed by atoms with E-state index >= 15 is 0 Å². The van der Waals surface area contributed by atoms with E-state index in [0.29, 0.717) is 37.4 Å². The number of carbonyl (C=O) groups excluding carboxylic acids is 2. The van der Waals surface area contributed by atoms with Crippen LogP contribution in [0.15, 0.2) is 18.2 Å². The first-order valence-electron chi connectivity index (χ1n) is 14.1. The SMILES string of the molecule is CCOC(=O)C1(C)CN(c2cc(CN3CCCC34CCN(C(=O)OC(C)(C)C)CC4)cc(C(F)(F)F)c2)CCO1. The van der Waals surface area contributed by atoms with Crippen molar-refractivity contribution in [2.45, 2.75) is 89.8 Å². The summed E-state index contributed by atoms with van der Waals surface area (Å²) >= 11 is 0. The molecule has 1 spiro atoms. The Kier molecular flexibility index (Phi) is 8.66. The maximum atomic E-state index is 14.0. The molecule has 1 unspecified atom stereocenters. The second-order valence-corrected chi connectivity index (χ2v) is 12.3. The average Bonchev–Trinajstić information content (AvgIpc) is 3.24. The topological polar surface area (TPSA) is 71.6 Å². The van der Waals surface area contributed by atoms with Crippen LogP contribution in [-0.2, 0) is 31.7 Å². The second kappa shape index (κ2) is 11.4. The lowest BCUT2D eigenvalue weighted by atomic mass is 9.84. The number of likely N-dealkylation sites (tertiary alicyclic amines) is 2. The molecule has 1 amide bonds. The molecule has 4 rings (SSSR count). The van der Waals surface area contributed by atoms with Crippen molar-refractivity contribution in [2.75, 3.05) is 50.8 Å². The first kappa shape index (κ1) is 30.4. The van der Waals surface area contributed by atoms with Gasteiger partial charge in [-0.1, -0.05) is 0 Å². The number of hydrogen-bond donors (Lipinski definition) is 0. The van der Waals surface area contributed by atoms with E-state index in [2.05, 4.69) is 4.90 Å². The van der Waals surface area contributed by atoms with Crippen LogP contribution in [0.5, 0.6) is 0 Å². The van der Waals surface area contributed by atoms with Gasteiger partial charge in [0.15, 0.2) is 5.60 Å². The molecule has 3 aliphatic rings. The van der Waals surface area contributed by atoms with E-state index in [0.717, 1.165) is 38.3 Å². The van der Waals surface area contributed by atoms with Crippen LogP contribution < -0.4 is 4.90 Å². The molecular formula is C29H42F3N3O5. The third-order valence-electron chi connectivity index (χ3n) is 8.11. The van der Waals surface area contributed by atoms with E-state index in [-0.39, 0.29) is 31.4 Å². The third kappa shape index (κ3) is 6.84. The van der Waals surface area contributed by atoms with Crippen molar-refractivity contribution in [1.82, 2.24) is 9.80 Å². The van der Waals surface area contributed by atoms with Gasteiger partial charge < -0.3 is 24.0 Å². The van der Waals surface area contributed by atoms with Crippen LogP contribution in [0.1, 0.15) is 71.4 Å². The highest BCUT2D eigenvalue weighted by atomic mass is 19.4. The Bertz CT molecular complexity index is 1080. The fraction of sp³-hybridized carbons (Fsp3) is 0.724. The van der Waals surface area contributed by atoms with E-state index < -0.39 is 28.9 Å². The molecular weight excluding hydrogens is 527 g/mol. The number of halogens is 3. The molecule has 0 bridgehead atoms. The quantitative estimate of drug-likeness (QED) is 0.450. The van der Waals surface area contributed by atoms with Gasteiger partial charge in [0, 0.05) is 37.4 Å². The third-order valence-corrected chi connectivity index (χ3v) is 8.11. The molecule has 3 saturated heterocycles. The molecule has 1 aromatic rings. The zero-order valence-electron chi connectivity index (χ0n) is 24.2. The van der Waals surface area contributed by atoms with Gasteiger partial charge in [-0.2, -0.15) is 13.2 Å². The van der Waals surface area contributed by atoms with E-state index in [1.54, 1.807) is 29.7 Å². The van der Waals surface area contributed by atoms with E-state index in [1.807, 2.05) is 20.8 Å². The smallest absolute Gasteiger partial charge is 0.416 e. The number of amides is 1. The van der Waals surface area contributed by atoms with Crippen LogP contribution >= 0.6 is 0 Å². The van der Waals surface area contributed by atoms with Crippen molar-refractivity contribution in [3.63, 3.8) is 0 Å². The number of rotatable bonds is 5. The van der Waals surface area contributed by atoms with E-state index in [1.165, 1.54) is 6.07 Å². The molecule has 1 aromatic carbocycles. The number of morpholine rings is 1. The van der Waals surface area contributed by atoms with Gasteiger partial charge in [0.2, 0.25) is 0 Å². The largest absolute Gasteiger partial charge is 0.464 e. The summed E-state index contributed by atoms with van der Waals surface area (Å²) < 4.78 is 58.4. The number of nitrogens with zero attached hydrogens (tertiary/aromatic N) is 3. The summed E-state index contributed by atoms with van der Waals surface area (Å²) in [6, 6.07) is 4.18. The highest BCUT2D eigenvalue weighted by molar-refractivity contribution is 5.80. The number of anilines is 1. The molecule has 0 aliphatic carbocycles. The number of hydrogen-bond acceptors (Lipinski definition) is 7. The van der Waals surface area contributed by atoms with Crippen LogP contribution in [0.2, 0.25) is 0 Å². The fourth-order valence-corrected chi connectivity index (χ4v) is 6.07. The van der Waals surface area contributed by atoms with Crippen molar-refractivity contribution >= 4 is 17.7 Å². The number of alkyl halides is 3. The standard InChI is InChI=1S/C29H42F3N3O5/c1-6-38-24(36)27(5)20-34(14-15-39-27)23-17-21(16-22(18-23)29(30,31)32)19-35-11-7-8-28(35)9-12-33(13-10-28)25(37)40-26(2,3)4/h16-18H,6-15,19-20H2,1-5H3. The molecule has 8 nitrogen and oxygen atoms in total. The molecule has 224 valence electrons. The number of benzene rings is 1. The van der Waals surface area contributed by atoms with Gasteiger partial charge in [-0.3, -0.25) is 4.90 Å². The van der Waals surface area contributed by atoms with Gasteiger partial charge >= 0.3 is 18.2 Å². The van der Waals surface area contributed by atoms with Gasteiger partial charge in [-0.15, -0.1) is 0 Å². The minimum atomic E-state index is -4.51. The summed E-state index contributed by atoms with van der Waals surface area (Å²) in [5.74, 6) is -0.524. The Morgan fingerprint density at radius 3 is 2.35 bits per heavy atom. The van der Waals surface area contributed by atoms with Crippen molar-refractivity contribution in [1.29, 1.82) is 0 Å². The van der Waals surface area contributed by atoms with Crippen LogP contribution in [0.25, 0.3) is 0 Å². The number of ether oxygens (including phenoxy) is 3. The minimum Gasteiger partial charge on any atom is -0.464 e. The fourth-order valence-electron chi connectivity index (χ4n) is 6.07. The minimum absolute atomic E-state index is 0.0980. The summed E-state index contributed by atoms with van der Waals surface area (Å²) in [5.41, 5.74) is -1.71. The first-order valence-corrected chi connectivity index (χ1v) is 14.1. The lowest BCUT2D eigenvalue weighted by Gasteiger charge is -2.45. The monoisotopic (exact) mass is 569 g/mol. The Balaban J connectivity index is 1.53. The molecule has 1 atom stereocenters. The summed E-state index contributed by atoms with van der Waals surface area (Å²) in [4.78, 5) is 30.9. The molecule has 3 fully saturated rings. The Hall–Kier alpha value is -2.53. The van der Waals surface area contributed by atoms with Crippen LogP contribution in [0.4, 0.5) is 23.7 Å². The lowest BCUT2D eigenvalue weighted by Crippen LogP contribution is -2.55. The van der Waals surface area contributed by atoms with Crippen LogP contribution in [0, 0.1) is 0 Å². The Morgan fingerprint density at radius 1 is 1.02 bits per heavy atom. The molecule has 0 aromatic heterocycles. The van der Waals surface area contributed by atoms with E-state index in [4.69, 9.17) is 14.2 Å². The maximum absolute atomic E-state index is 14.0. The molecule has 11 heteroatoms. The molecule has 3 aliphatic heterocycles. The van der Waals surface area contributed by atoms with Gasteiger partial charge in [0.1, 0.15) is 5.60 Å². The summed E-state index contributed by atoms with van der Waals surface area (Å²) in [5, 5.41) is 0. The van der Waals surface area contributed by atoms with Gasteiger partial charge in [0.05, 0.1) is 25.3 Å². The summed E-state index contributed by atoms with van der Waals surface area (Å²) in [7, 11) is 0. The zero-order chi connectivity index (χ0) is 29.3. The number of piperidine rings is 1. The summed E-state index contributed by atoms with van der Waals surface area (Å²) in [6.07, 6.45) is -1.43. The highest BCUT2D eigenvalue weighted by Gasteiger charge is 2.45. The van der Waals surface area contributed by atoms with Crippen LogP contribution in [0.3, 0.4) is 0 Å². The number of esters is 1. The highest BCUT2D eigenvalue weighted by Crippen LogP contribution is 2.41. The lowest BCUT2D eigenvalue weighted by molar-refractivity contribution is -0.171. The molecule has 0 N–H and O–H groups in total. The first-order chi connectivity index (χ1) is 18.6. The van der Waals surface area contributed by atoms with Gasteiger partial charge in [-0.25, -0.2) is 9.59 Å². The Morgan fingerprint density at radius 2 is 1.73 bits per heavy atom. The molecule has 0 saturated carbocycles. The zero-order valence-corrected chi connectivity index (χ0v) is 24.2. The van der Waals surface area contributed by atoms with Crippen molar-refractivity contribution in [2.24, 2.45) is 0 Å². The molecule has 40 heavy (non-hydrogen) atoms.